The molecule has 1 saturated carbocycles. The molecule has 2 amide bonds. The number of hydrogen-bond acceptors (Lipinski definition) is 5. The molecule has 0 aliphatic heterocycles. The molecule has 5 rings (SSSR count). The van der Waals surface area contributed by atoms with Gasteiger partial charge in [0.1, 0.15) is 0 Å². The van der Waals surface area contributed by atoms with E-state index in [1.165, 1.54) is 4.57 Å². The van der Waals surface area contributed by atoms with Gasteiger partial charge in [0.15, 0.2) is 0 Å². The van der Waals surface area contributed by atoms with Gasteiger partial charge in [-0.05, 0) is 54.8 Å². The Labute approximate surface area is 189 Å². The van der Waals surface area contributed by atoms with Crippen LogP contribution in [0.25, 0.3) is 21.7 Å². The molecule has 8 nitrogen and oxygen atoms in total. The minimum atomic E-state index is -0.447. The predicted octanol–water partition coefficient (Wildman–Crippen LogP) is 3.68. The molecule has 0 bridgehead atoms. The molecule has 0 radical (unpaired) electrons. The smallest absolute Gasteiger partial charge is 0.271 e. The summed E-state index contributed by atoms with van der Waals surface area (Å²) in [7, 11) is 0. The van der Waals surface area contributed by atoms with Gasteiger partial charge in [-0.15, -0.1) is 0 Å². The van der Waals surface area contributed by atoms with Crippen LogP contribution in [0, 0.1) is 5.92 Å². The first-order valence-corrected chi connectivity index (χ1v) is 10.9. The topological polar surface area (TPSA) is 105 Å². The largest absolute Gasteiger partial charge is 0.325 e. The molecule has 166 valence electrons. The third-order valence-electron chi connectivity index (χ3n) is 5.80. The standard InChI is InChI=1S/C25H23N5O3/c1-2-30-24(33)18-9-5-6-10-20(18)27-25(30)29-28-23(32)19-13-16-7-3-4-8-17(16)14-21(19)26-22(31)15-11-12-15/h3-10,13-15H,2,11-12H2,1H3,(H,26,31)(H,27,29)(H,28,32). The Morgan fingerprint density at radius 2 is 1.73 bits per heavy atom. The highest BCUT2D eigenvalue weighted by atomic mass is 16.2. The molecule has 1 aliphatic carbocycles. The monoisotopic (exact) mass is 441 g/mol. The van der Waals surface area contributed by atoms with E-state index in [1.807, 2.05) is 31.2 Å². The molecule has 8 heteroatoms. The first-order valence-electron chi connectivity index (χ1n) is 10.9. The fourth-order valence-corrected chi connectivity index (χ4v) is 3.85. The SMILES string of the molecule is CCn1c(NNC(=O)c2cc3ccccc3cc2NC(=O)C2CC2)nc2ccccc2c1=O. The Kier molecular flexibility index (Phi) is 5.26. The molecular formula is C25H23N5O3. The number of aromatic nitrogens is 2. The van der Waals surface area contributed by atoms with Crippen molar-refractivity contribution < 1.29 is 9.59 Å². The average Bonchev–Trinajstić information content (AvgIpc) is 3.68. The molecule has 0 unspecified atom stereocenters. The van der Waals surface area contributed by atoms with Gasteiger partial charge < -0.3 is 5.32 Å². The maximum Gasteiger partial charge on any atom is 0.271 e. The van der Waals surface area contributed by atoms with Crippen molar-refractivity contribution in [1.29, 1.82) is 0 Å². The van der Waals surface area contributed by atoms with Gasteiger partial charge in [-0.2, -0.15) is 0 Å². The number of anilines is 2. The average molecular weight is 441 g/mol. The molecule has 0 spiro atoms. The molecule has 4 aromatic rings. The molecule has 0 atom stereocenters. The van der Waals surface area contributed by atoms with Crippen LogP contribution in [0.2, 0.25) is 0 Å². The highest BCUT2D eigenvalue weighted by molar-refractivity contribution is 6.08. The van der Waals surface area contributed by atoms with Crippen LogP contribution in [0.3, 0.4) is 0 Å². The van der Waals surface area contributed by atoms with E-state index in [0.717, 1.165) is 23.6 Å². The Bertz CT molecular complexity index is 1460. The Balaban J connectivity index is 1.47. The van der Waals surface area contributed by atoms with Crippen LogP contribution in [-0.4, -0.2) is 21.4 Å². The van der Waals surface area contributed by atoms with E-state index < -0.39 is 5.91 Å². The fraction of sp³-hybridized carbons (Fsp3) is 0.200. The first kappa shape index (κ1) is 20.7. The van der Waals surface area contributed by atoms with Gasteiger partial charge in [-0.3, -0.25) is 29.8 Å². The summed E-state index contributed by atoms with van der Waals surface area (Å²) in [5.74, 6) is -0.287. The molecule has 33 heavy (non-hydrogen) atoms. The minimum Gasteiger partial charge on any atom is -0.325 e. The summed E-state index contributed by atoms with van der Waals surface area (Å²) >= 11 is 0. The highest BCUT2D eigenvalue weighted by Crippen LogP contribution is 2.32. The molecule has 1 aromatic heterocycles. The molecule has 3 N–H and O–H groups in total. The van der Waals surface area contributed by atoms with Crippen LogP contribution in [-0.2, 0) is 11.3 Å². The Morgan fingerprint density at radius 1 is 1.03 bits per heavy atom. The first-order chi connectivity index (χ1) is 16.0. The van der Waals surface area contributed by atoms with Gasteiger partial charge in [0.05, 0.1) is 22.2 Å². The van der Waals surface area contributed by atoms with Crippen LogP contribution in [0.5, 0.6) is 0 Å². The zero-order chi connectivity index (χ0) is 22.9. The van der Waals surface area contributed by atoms with E-state index in [9.17, 15) is 14.4 Å². The lowest BCUT2D eigenvalue weighted by Gasteiger charge is -2.16. The quantitative estimate of drug-likeness (QED) is 0.396. The number of rotatable bonds is 6. The predicted molar refractivity (Wildman–Crippen MR) is 128 cm³/mol. The summed E-state index contributed by atoms with van der Waals surface area (Å²) in [6.45, 7) is 2.22. The summed E-state index contributed by atoms with van der Waals surface area (Å²) in [6, 6.07) is 18.3. The molecule has 0 saturated heterocycles. The second-order valence-electron chi connectivity index (χ2n) is 8.09. The van der Waals surface area contributed by atoms with Crippen molar-refractivity contribution in [2.75, 3.05) is 10.7 Å². The van der Waals surface area contributed by atoms with Crippen molar-refractivity contribution in [2.24, 2.45) is 5.92 Å². The fourth-order valence-electron chi connectivity index (χ4n) is 3.85. The third kappa shape index (κ3) is 4.03. The lowest BCUT2D eigenvalue weighted by Crippen LogP contribution is -2.34. The zero-order valence-electron chi connectivity index (χ0n) is 18.1. The van der Waals surface area contributed by atoms with E-state index in [0.29, 0.717) is 28.7 Å². The van der Waals surface area contributed by atoms with Crippen LogP contribution in [0.15, 0.2) is 65.5 Å². The van der Waals surface area contributed by atoms with Gasteiger partial charge in [-0.25, -0.2) is 4.98 Å². The van der Waals surface area contributed by atoms with E-state index in [2.05, 4.69) is 21.2 Å². The van der Waals surface area contributed by atoms with Crippen LogP contribution < -0.4 is 21.7 Å². The Hall–Kier alpha value is -4.20. The zero-order valence-corrected chi connectivity index (χ0v) is 18.1. The van der Waals surface area contributed by atoms with Crippen molar-refractivity contribution in [3.63, 3.8) is 0 Å². The number of carbonyl (C=O) groups is 2. The molecular weight excluding hydrogens is 418 g/mol. The lowest BCUT2D eigenvalue weighted by molar-refractivity contribution is -0.117. The van der Waals surface area contributed by atoms with E-state index in [4.69, 9.17) is 0 Å². The van der Waals surface area contributed by atoms with Gasteiger partial charge >= 0.3 is 0 Å². The second kappa shape index (κ2) is 8.38. The number of carbonyl (C=O) groups excluding carboxylic acids is 2. The summed E-state index contributed by atoms with van der Waals surface area (Å²) in [6.07, 6.45) is 1.73. The number of nitrogens with one attached hydrogen (secondary N) is 3. The summed E-state index contributed by atoms with van der Waals surface area (Å²) < 4.78 is 1.46. The van der Waals surface area contributed by atoms with Crippen LogP contribution in [0.1, 0.15) is 30.1 Å². The normalized spacial score (nSPS) is 13.1. The number of hydrazine groups is 1. The highest BCUT2D eigenvalue weighted by Gasteiger charge is 2.30. The molecule has 1 aliphatic rings. The number of para-hydroxylation sites is 1. The van der Waals surface area contributed by atoms with E-state index in [1.54, 1.807) is 36.4 Å². The summed E-state index contributed by atoms with van der Waals surface area (Å²) in [5, 5.41) is 5.21. The Morgan fingerprint density at radius 3 is 2.45 bits per heavy atom. The van der Waals surface area contributed by atoms with E-state index >= 15 is 0 Å². The maximum absolute atomic E-state index is 13.2. The van der Waals surface area contributed by atoms with Gasteiger partial charge in [0, 0.05) is 12.5 Å². The van der Waals surface area contributed by atoms with Gasteiger partial charge in [0.25, 0.3) is 11.5 Å². The van der Waals surface area contributed by atoms with Crippen LogP contribution >= 0.6 is 0 Å². The minimum absolute atomic E-state index is 0.00583. The summed E-state index contributed by atoms with van der Waals surface area (Å²) in [4.78, 5) is 42.9. The second-order valence-corrected chi connectivity index (χ2v) is 8.09. The number of amides is 2. The van der Waals surface area contributed by atoms with Crippen molar-refractivity contribution in [2.45, 2.75) is 26.3 Å². The molecule has 1 fully saturated rings. The van der Waals surface area contributed by atoms with Gasteiger partial charge in [-0.1, -0.05) is 36.4 Å². The van der Waals surface area contributed by atoms with Gasteiger partial charge in [0.2, 0.25) is 11.9 Å². The number of fused-ring (bicyclic) bond motifs is 2. The third-order valence-corrected chi connectivity index (χ3v) is 5.80. The van der Waals surface area contributed by atoms with Crippen molar-refractivity contribution in [3.05, 3.63) is 76.6 Å². The maximum atomic E-state index is 13.2. The number of hydrogen-bond donors (Lipinski definition) is 3. The number of benzene rings is 3. The lowest BCUT2D eigenvalue weighted by atomic mass is 10.0. The van der Waals surface area contributed by atoms with Crippen molar-refractivity contribution >= 4 is 45.1 Å². The van der Waals surface area contributed by atoms with Crippen LogP contribution in [0.4, 0.5) is 11.6 Å². The van der Waals surface area contributed by atoms with Crippen molar-refractivity contribution in [1.82, 2.24) is 15.0 Å². The van der Waals surface area contributed by atoms with Crippen molar-refractivity contribution in [3.8, 4) is 0 Å². The molecule has 3 aromatic carbocycles. The van der Waals surface area contributed by atoms with E-state index in [-0.39, 0.29) is 23.3 Å². The number of nitrogens with zero attached hydrogens (tertiary/aromatic N) is 2. The molecule has 1 heterocycles. The summed E-state index contributed by atoms with van der Waals surface area (Å²) in [5.41, 5.74) is 6.55.